The van der Waals surface area contributed by atoms with Crippen LogP contribution in [0.4, 0.5) is 5.69 Å². The number of carbonyl (C=O) groups is 2. The minimum Gasteiger partial charge on any atom is -0.341 e. The second-order valence-corrected chi connectivity index (χ2v) is 11.8. The van der Waals surface area contributed by atoms with Crippen LogP contribution in [0, 0.1) is 0 Å². The van der Waals surface area contributed by atoms with E-state index in [0.29, 0.717) is 23.0 Å². The van der Waals surface area contributed by atoms with E-state index in [1.54, 1.807) is 17.9 Å². The van der Waals surface area contributed by atoms with Gasteiger partial charge in [0, 0.05) is 38.2 Å². The van der Waals surface area contributed by atoms with Crippen LogP contribution < -0.4 is 4.90 Å². The third kappa shape index (κ3) is 5.86. The van der Waals surface area contributed by atoms with Crippen LogP contribution in [0.2, 0.25) is 10.0 Å². The number of halogens is 2. The van der Waals surface area contributed by atoms with Gasteiger partial charge >= 0.3 is 0 Å². The first-order valence-corrected chi connectivity index (χ1v) is 14.4. The van der Waals surface area contributed by atoms with E-state index in [0.717, 1.165) is 55.8 Å². The van der Waals surface area contributed by atoms with Crippen LogP contribution >= 0.6 is 23.2 Å². The number of para-hydroxylation sites is 1. The van der Waals surface area contributed by atoms with Gasteiger partial charge in [0.05, 0.1) is 16.0 Å². The molecule has 1 saturated heterocycles. The van der Waals surface area contributed by atoms with Gasteiger partial charge in [0.2, 0.25) is 11.8 Å². The Hall–Kier alpha value is -2.86. The van der Waals surface area contributed by atoms with Crippen LogP contribution in [0.25, 0.3) is 0 Å². The van der Waals surface area contributed by atoms with E-state index < -0.39 is 0 Å². The maximum absolute atomic E-state index is 13.8. The third-order valence-electron chi connectivity index (χ3n) is 8.44. The van der Waals surface area contributed by atoms with Gasteiger partial charge in [-0.05, 0) is 73.8 Å². The van der Waals surface area contributed by atoms with Crippen molar-refractivity contribution in [3.63, 3.8) is 0 Å². The molecule has 0 saturated carbocycles. The molecule has 3 aromatic rings. The summed E-state index contributed by atoms with van der Waals surface area (Å²) in [6.45, 7) is 5.63. The number of rotatable bonds is 7. The lowest BCUT2D eigenvalue weighted by atomic mass is 9.74. The first-order valence-electron chi connectivity index (χ1n) is 13.6. The highest BCUT2D eigenvalue weighted by molar-refractivity contribution is 6.42. The van der Waals surface area contributed by atoms with Crippen molar-refractivity contribution in [2.45, 2.75) is 44.1 Å². The van der Waals surface area contributed by atoms with Gasteiger partial charge in [-0.25, -0.2) is 0 Å². The molecule has 1 atom stereocenters. The highest BCUT2D eigenvalue weighted by atomic mass is 35.5. The van der Waals surface area contributed by atoms with E-state index >= 15 is 0 Å². The van der Waals surface area contributed by atoms with Crippen LogP contribution in [0.5, 0.6) is 0 Å². The Labute approximate surface area is 241 Å². The van der Waals surface area contributed by atoms with E-state index in [1.807, 2.05) is 60.5 Å². The third-order valence-corrected chi connectivity index (χ3v) is 9.18. The summed E-state index contributed by atoms with van der Waals surface area (Å²) in [7, 11) is 1.86. The van der Waals surface area contributed by atoms with Crippen molar-refractivity contribution in [2.24, 2.45) is 0 Å². The van der Waals surface area contributed by atoms with Crippen LogP contribution in [-0.4, -0.2) is 54.8 Å². The molecule has 3 aromatic carbocycles. The minimum absolute atomic E-state index is 0.00753. The molecule has 2 amide bonds. The van der Waals surface area contributed by atoms with Gasteiger partial charge in [-0.2, -0.15) is 0 Å². The van der Waals surface area contributed by atoms with Gasteiger partial charge in [-0.15, -0.1) is 0 Å². The average molecular weight is 565 g/mol. The molecule has 1 fully saturated rings. The first-order chi connectivity index (χ1) is 18.8. The van der Waals surface area contributed by atoms with Gasteiger partial charge in [-0.3, -0.25) is 9.59 Å². The predicted octanol–water partition coefficient (Wildman–Crippen LogP) is 6.53. The molecule has 0 aliphatic carbocycles. The minimum atomic E-state index is -0.315. The van der Waals surface area contributed by atoms with Gasteiger partial charge in [0.1, 0.15) is 0 Å². The molecule has 1 spiro atoms. The Morgan fingerprint density at radius 2 is 1.64 bits per heavy atom. The van der Waals surface area contributed by atoms with E-state index in [9.17, 15) is 9.59 Å². The maximum Gasteiger partial charge on any atom is 0.230 e. The molecule has 5 rings (SSSR count). The maximum atomic E-state index is 13.8. The van der Waals surface area contributed by atoms with E-state index in [-0.39, 0.29) is 23.1 Å². The molecule has 0 unspecified atom stereocenters. The topological polar surface area (TPSA) is 43.9 Å². The molecule has 2 aliphatic rings. The van der Waals surface area contributed by atoms with E-state index in [1.165, 1.54) is 5.56 Å². The molecule has 7 heteroatoms. The number of likely N-dealkylation sites (N-methyl/N-ethyl adjacent to an activating group) is 1. The zero-order chi connectivity index (χ0) is 27.6. The Kier molecular flexibility index (Phi) is 8.32. The van der Waals surface area contributed by atoms with Crippen molar-refractivity contribution in [3.8, 4) is 0 Å². The van der Waals surface area contributed by atoms with Crippen molar-refractivity contribution in [1.82, 2.24) is 9.80 Å². The highest BCUT2D eigenvalue weighted by Gasteiger charge is 2.45. The normalized spacial score (nSPS) is 17.2. The zero-order valence-electron chi connectivity index (χ0n) is 22.6. The fraction of sp³-hybridized carbons (Fsp3) is 0.375. The Bertz CT molecular complexity index is 1340. The highest BCUT2D eigenvalue weighted by Crippen LogP contribution is 2.47. The number of benzene rings is 3. The number of nitrogens with zero attached hydrogens (tertiary/aromatic N) is 3. The molecular formula is C32H35Cl2N3O2. The molecular weight excluding hydrogens is 529 g/mol. The molecule has 2 aliphatic heterocycles. The number of hydrogen-bond donors (Lipinski definition) is 0. The number of anilines is 1. The van der Waals surface area contributed by atoms with Crippen LogP contribution in [0.1, 0.15) is 48.8 Å². The van der Waals surface area contributed by atoms with E-state index in [4.69, 9.17) is 23.2 Å². The molecule has 0 bridgehead atoms. The van der Waals surface area contributed by atoms with Crippen molar-refractivity contribution in [3.05, 3.63) is 99.5 Å². The van der Waals surface area contributed by atoms with Crippen molar-refractivity contribution >= 4 is 40.7 Å². The quantitative estimate of drug-likeness (QED) is 0.328. The molecule has 0 radical (unpaired) electrons. The van der Waals surface area contributed by atoms with Gasteiger partial charge < -0.3 is 14.7 Å². The number of piperidine rings is 1. The standard InChI is InChI=1S/C32H35Cl2N3O2/c1-23(38)37-22-32(27-10-6-7-11-30(27)37)15-18-36(19-16-32)17-14-26(25-12-13-28(33)29(34)20-25)31(39)35(2)21-24-8-4-3-5-9-24/h3-13,20,26H,14-19,21-22H2,1-2H3/t26-/m0/s1. The number of carbonyl (C=O) groups excluding carboxylic acids is 2. The Morgan fingerprint density at radius 3 is 2.33 bits per heavy atom. The predicted molar refractivity (Wildman–Crippen MR) is 159 cm³/mol. The zero-order valence-corrected chi connectivity index (χ0v) is 24.1. The Morgan fingerprint density at radius 1 is 0.949 bits per heavy atom. The lowest BCUT2D eigenvalue weighted by molar-refractivity contribution is -0.132. The van der Waals surface area contributed by atoms with Gasteiger partial charge in [0.15, 0.2) is 0 Å². The summed E-state index contributed by atoms with van der Waals surface area (Å²) in [5.41, 5.74) is 4.35. The molecule has 204 valence electrons. The van der Waals surface area contributed by atoms with Crippen LogP contribution in [0.15, 0.2) is 72.8 Å². The van der Waals surface area contributed by atoms with E-state index in [2.05, 4.69) is 23.1 Å². The fourth-order valence-electron chi connectivity index (χ4n) is 6.22. The summed E-state index contributed by atoms with van der Waals surface area (Å²) in [4.78, 5) is 32.3. The summed E-state index contributed by atoms with van der Waals surface area (Å²) < 4.78 is 0. The van der Waals surface area contributed by atoms with Gasteiger partial charge in [0.25, 0.3) is 0 Å². The first kappa shape index (κ1) is 27.7. The van der Waals surface area contributed by atoms with Crippen molar-refractivity contribution in [2.75, 3.05) is 38.1 Å². The average Bonchev–Trinajstić information content (AvgIpc) is 3.26. The number of fused-ring (bicyclic) bond motifs is 2. The summed E-state index contributed by atoms with van der Waals surface area (Å²) in [5, 5.41) is 0.953. The van der Waals surface area contributed by atoms with Crippen LogP contribution in [-0.2, 0) is 21.5 Å². The smallest absolute Gasteiger partial charge is 0.230 e. The van der Waals surface area contributed by atoms with Crippen molar-refractivity contribution in [1.29, 1.82) is 0 Å². The second-order valence-electron chi connectivity index (χ2n) is 10.9. The number of likely N-dealkylation sites (tertiary alicyclic amines) is 1. The SMILES string of the molecule is CC(=O)N1CC2(CCN(CC[C@H](C(=O)N(C)Cc3ccccc3)c3ccc(Cl)c(Cl)c3)CC2)c2ccccc21. The second kappa shape index (κ2) is 11.7. The van der Waals surface area contributed by atoms with Gasteiger partial charge in [-0.1, -0.05) is 77.8 Å². The molecule has 39 heavy (non-hydrogen) atoms. The summed E-state index contributed by atoms with van der Waals surface area (Å²) in [6, 6.07) is 23.9. The summed E-state index contributed by atoms with van der Waals surface area (Å²) in [5.74, 6) is -0.137. The molecule has 2 heterocycles. The number of amides is 2. The molecule has 0 aromatic heterocycles. The lowest BCUT2D eigenvalue weighted by Crippen LogP contribution is -2.46. The molecule has 5 nitrogen and oxygen atoms in total. The summed E-state index contributed by atoms with van der Waals surface area (Å²) >= 11 is 12.6. The molecule has 0 N–H and O–H groups in total. The fourth-order valence-corrected chi connectivity index (χ4v) is 6.52. The Balaban J connectivity index is 1.28. The van der Waals surface area contributed by atoms with Crippen molar-refractivity contribution < 1.29 is 9.59 Å². The summed E-state index contributed by atoms with van der Waals surface area (Å²) in [6.07, 6.45) is 2.68. The largest absolute Gasteiger partial charge is 0.341 e. The van der Waals surface area contributed by atoms with Crippen LogP contribution in [0.3, 0.4) is 0 Å². The monoisotopic (exact) mass is 563 g/mol. The lowest BCUT2D eigenvalue weighted by Gasteiger charge is -2.40. The number of hydrogen-bond acceptors (Lipinski definition) is 3.